The van der Waals surface area contributed by atoms with Gasteiger partial charge in [-0.3, -0.25) is 14.5 Å². The predicted octanol–water partition coefficient (Wildman–Crippen LogP) is 1.84. The molecule has 2 N–H and O–H groups in total. The first kappa shape index (κ1) is 17.2. The first-order valence-corrected chi connectivity index (χ1v) is 8.74. The van der Waals surface area contributed by atoms with E-state index < -0.39 is 35.7 Å². The molecule has 2 aliphatic rings. The second-order valence-corrected chi connectivity index (χ2v) is 6.75. The van der Waals surface area contributed by atoms with Crippen LogP contribution in [0.4, 0.5) is 9.18 Å². The van der Waals surface area contributed by atoms with Gasteiger partial charge >= 0.3 is 6.03 Å². The number of nitrogens with one attached hydrogen (secondary N) is 2. The molecule has 0 aromatic heterocycles. The summed E-state index contributed by atoms with van der Waals surface area (Å²) in [4.78, 5) is 38.5. The van der Waals surface area contributed by atoms with Crippen LogP contribution in [0.25, 0.3) is 0 Å². The van der Waals surface area contributed by atoms with E-state index in [0.717, 1.165) is 16.0 Å². The molecule has 1 aliphatic heterocycles. The van der Waals surface area contributed by atoms with Gasteiger partial charge in [0.05, 0.1) is 0 Å². The van der Waals surface area contributed by atoms with Crippen molar-refractivity contribution in [3.63, 3.8) is 0 Å². The molecule has 1 spiro atoms. The number of amides is 4. The van der Waals surface area contributed by atoms with E-state index in [0.29, 0.717) is 18.4 Å². The number of carbonyl (C=O) groups excluding carboxylic acids is 3. The normalized spacial score (nSPS) is 20.7. The zero-order valence-corrected chi connectivity index (χ0v) is 14.5. The van der Waals surface area contributed by atoms with Crippen LogP contribution in [0.3, 0.4) is 0 Å². The SMILES string of the molecule is O=C(CN1C(=O)N[C@]2(CCc3ccccc32)C1=O)NCc1ccccc1F. The van der Waals surface area contributed by atoms with Crippen LogP contribution in [-0.2, 0) is 28.1 Å². The standard InChI is InChI=1S/C20H18FN3O3/c21-16-8-4-2-6-14(16)11-22-17(25)12-24-18(26)20(23-19(24)27)10-9-13-5-1-3-7-15(13)20/h1-8H,9-12H2,(H,22,25)(H,23,27)/t20-/m0/s1. The number of halogens is 1. The van der Waals surface area contributed by atoms with Crippen molar-refractivity contribution in [2.45, 2.75) is 24.9 Å². The Balaban J connectivity index is 1.46. The largest absolute Gasteiger partial charge is 0.350 e. The van der Waals surface area contributed by atoms with E-state index in [4.69, 9.17) is 0 Å². The van der Waals surface area contributed by atoms with E-state index in [2.05, 4.69) is 10.6 Å². The zero-order valence-electron chi connectivity index (χ0n) is 14.5. The Hall–Kier alpha value is -3.22. The number of fused-ring (bicyclic) bond motifs is 2. The highest BCUT2D eigenvalue weighted by Crippen LogP contribution is 2.41. The molecule has 6 nitrogen and oxygen atoms in total. The Morgan fingerprint density at radius 3 is 2.70 bits per heavy atom. The third-order valence-electron chi connectivity index (χ3n) is 5.16. The minimum absolute atomic E-state index is 0.0108. The minimum atomic E-state index is -1.08. The first-order valence-electron chi connectivity index (χ1n) is 8.74. The van der Waals surface area contributed by atoms with Crippen LogP contribution in [0.15, 0.2) is 48.5 Å². The van der Waals surface area contributed by atoms with Crippen LogP contribution in [-0.4, -0.2) is 29.3 Å². The van der Waals surface area contributed by atoms with E-state index in [1.54, 1.807) is 18.2 Å². The summed E-state index contributed by atoms with van der Waals surface area (Å²) in [6.07, 6.45) is 1.17. The molecule has 27 heavy (non-hydrogen) atoms. The molecule has 4 rings (SSSR count). The topological polar surface area (TPSA) is 78.5 Å². The smallest absolute Gasteiger partial charge is 0.325 e. The lowest BCUT2D eigenvalue weighted by molar-refractivity contribution is -0.135. The van der Waals surface area contributed by atoms with Gasteiger partial charge in [-0.1, -0.05) is 42.5 Å². The molecule has 7 heteroatoms. The number of hydrogen-bond donors (Lipinski definition) is 2. The molecule has 138 valence electrons. The molecule has 1 saturated heterocycles. The molecule has 0 bridgehead atoms. The fraction of sp³-hybridized carbons (Fsp3) is 0.250. The number of aryl methyl sites for hydroxylation is 1. The molecule has 1 heterocycles. The zero-order chi connectivity index (χ0) is 19.0. The summed E-state index contributed by atoms with van der Waals surface area (Å²) in [5.41, 5.74) is 1.07. The van der Waals surface area contributed by atoms with Gasteiger partial charge in [0.1, 0.15) is 17.9 Å². The predicted molar refractivity (Wildman–Crippen MR) is 94.9 cm³/mol. The number of carbonyl (C=O) groups is 3. The van der Waals surface area contributed by atoms with Gasteiger partial charge < -0.3 is 10.6 Å². The quantitative estimate of drug-likeness (QED) is 0.810. The van der Waals surface area contributed by atoms with Crippen LogP contribution in [0.1, 0.15) is 23.1 Å². The summed E-state index contributed by atoms with van der Waals surface area (Å²) in [5.74, 6) is -1.36. The fourth-order valence-electron chi connectivity index (χ4n) is 3.77. The lowest BCUT2D eigenvalue weighted by atomic mass is 9.92. The number of benzene rings is 2. The molecule has 2 aromatic rings. The van der Waals surface area contributed by atoms with Crippen molar-refractivity contribution in [1.82, 2.24) is 15.5 Å². The van der Waals surface area contributed by atoms with Gasteiger partial charge in [-0.25, -0.2) is 9.18 Å². The molecule has 1 fully saturated rings. The van der Waals surface area contributed by atoms with Gasteiger partial charge in [0.15, 0.2) is 0 Å². The first-order chi connectivity index (χ1) is 13.0. The van der Waals surface area contributed by atoms with Crippen molar-refractivity contribution in [3.8, 4) is 0 Å². The number of urea groups is 1. The molecule has 0 radical (unpaired) electrons. The molecule has 1 atom stereocenters. The molecular formula is C20H18FN3O3. The number of nitrogens with zero attached hydrogens (tertiary/aromatic N) is 1. The molecule has 0 saturated carbocycles. The lowest BCUT2D eigenvalue weighted by Gasteiger charge is -2.22. The van der Waals surface area contributed by atoms with Gasteiger partial charge in [-0.15, -0.1) is 0 Å². The molecule has 4 amide bonds. The average Bonchev–Trinajstić information content (AvgIpc) is 3.15. The summed E-state index contributed by atoms with van der Waals surface area (Å²) < 4.78 is 13.6. The Bertz CT molecular complexity index is 946. The number of imide groups is 1. The maximum atomic E-state index is 13.6. The Kier molecular flexibility index (Phi) is 4.14. The summed E-state index contributed by atoms with van der Waals surface area (Å²) >= 11 is 0. The van der Waals surface area contributed by atoms with Gasteiger partial charge in [0, 0.05) is 12.1 Å². The van der Waals surface area contributed by atoms with Crippen molar-refractivity contribution in [1.29, 1.82) is 0 Å². The molecule has 0 unspecified atom stereocenters. The van der Waals surface area contributed by atoms with Crippen molar-refractivity contribution in [3.05, 3.63) is 71.0 Å². The van der Waals surface area contributed by atoms with Crippen molar-refractivity contribution >= 4 is 17.8 Å². The Morgan fingerprint density at radius 2 is 1.89 bits per heavy atom. The Labute approximate surface area is 155 Å². The summed E-state index contributed by atoms with van der Waals surface area (Å²) in [6.45, 7) is -0.411. The highest BCUT2D eigenvalue weighted by molar-refractivity contribution is 6.09. The van der Waals surface area contributed by atoms with E-state index in [9.17, 15) is 18.8 Å². The maximum Gasteiger partial charge on any atom is 0.325 e. The fourth-order valence-corrected chi connectivity index (χ4v) is 3.77. The van der Waals surface area contributed by atoms with Crippen LogP contribution in [0.2, 0.25) is 0 Å². The van der Waals surface area contributed by atoms with Crippen LogP contribution < -0.4 is 10.6 Å². The average molecular weight is 367 g/mol. The van der Waals surface area contributed by atoms with Gasteiger partial charge in [-0.2, -0.15) is 0 Å². The third-order valence-corrected chi connectivity index (χ3v) is 5.16. The van der Waals surface area contributed by atoms with Gasteiger partial charge in [0.25, 0.3) is 5.91 Å². The summed E-state index contributed by atoms with van der Waals surface area (Å²) in [6, 6.07) is 13.0. The maximum absolute atomic E-state index is 13.6. The van der Waals surface area contributed by atoms with Gasteiger partial charge in [-0.05, 0) is 30.0 Å². The highest BCUT2D eigenvalue weighted by atomic mass is 19.1. The second-order valence-electron chi connectivity index (χ2n) is 6.75. The summed E-state index contributed by atoms with van der Waals surface area (Å²) in [7, 11) is 0. The third kappa shape index (κ3) is 2.85. The van der Waals surface area contributed by atoms with Crippen molar-refractivity contribution in [2.75, 3.05) is 6.54 Å². The van der Waals surface area contributed by atoms with E-state index in [1.165, 1.54) is 6.07 Å². The molecule has 2 aromatic carbocycles. The summed E-state index contributed by atoms with van der Waals surface area (Å²) in [5, 5.41) is 5.32. The Morgan fingerprint density at radius 1 is 1.15 bits per heavy atom. The number of hydrogen-bond acceptors (Lipinski definition) is 3. The van der Waals surface area contributed by atoms with E-state index in [1.807, 2.05) is 24.3 Å². The van der Waals surface area contributed by atoms with Crippen molar-refractivity contribution < 1.29 is 18.8 Å². The monoisotopic (exact) mass is 367 g/mol. The minimum Gasteiger partial charge on any atom is -0.350 e. The highest BCUT2D eigenvalue weighted by Gasteiger charge is 2.55. The van der Waals surface area contributed by atoms with E-state index >= 15 is 0 Å². The van der Waals surface area contributed by atoms with E-state index in [-0.39, 0.29) is 6.54 Å². The second kappa shape index (κ2) is 6.50. The van der Waals surface area contributed by atoms with Crippen LogP contribution in [0, 0.1) is 5.82 Å². The molecular weight excluding hydrogens is 349 g/mol. The van der Waals surface area contributed by atoms with Crippen LogP contribution >= 0.6 is 0 Å². The molecule has 1 aliphatic carbocycles. The van der Waals surface area contributed by atoms with Crippen molar-refractivity contribution in [2.24, 2.45) is 0 Å². The number of rotatable bonds is 4. The van der Waals surface area contributed by atoms with Crippen LogP contribution in [0.5, 0.6) is 0 Å². The van der Waals surface area contributed by atoms with Gasteiger partial charge in [0.2, 0.25) is 5.91 Å². The lowest BCUT2D eigenvalue weighted by Crippen LogP contribution is -2.43.